The third kappa shape index (κ3) is 3.94. The predicted molar refractivity (Wildman–Crippen MR) is 73.2 cm³/mol. The lowest BCUT2D eigenvalue weighted by Crippen LogP contribution is -2.38. The van der Waals surface area contributed by atoms with Crippen molar-refractivity contribution in [2.24, 2.45) is 17.8 Å². The lowest BCUT2D eigenvalue weighted by Gasteiger charge is -2.32. The lowest BCUT2D eigenvalue weighted by molar-refractivity contribution is 0.162. The Balaban J connectivity index is 1.68. The molecule has 0 amide bonds. The molecule has 3 nitrogen and oxygen atoms in total. The lowest BCUT2D eigenvalue weighted by atomic mass is 9.94. The van der Waals surface area contributed by atoms with Crippen LogP contribution in [0.1, 0.15) is 19.8 Å². The normalized spacial score (nSPS) is 32.5. The van der Waals surface area contributed by atoms with Crippen molar-refractivity contribution in [3.05, 3.63) is 0 Å². The zero-order chi connectivity index (χ0) is 12.3. The van der Waals surface area contributed by atoms with Gasteiger partial charge in [0, 0.05) is 13.1 Å². The van der Waals surface area contributed by atoms with Gasteiger partial charge in [-0.25, -0.2) is 0 Å². The van der Waals surface area contributed by atoms with Gasteiger partial charge in [-0.2, -0.15) is 0 Å². The van der Waals surface area contributed by atoms with E-state index in [0.717, 1.165) is 17.8 Å². The molecule has 2 atom stereocenters. The van der Waals surface area contributed by atoms with Crippen LogP contribution in [0.25, 0.3) is 0 Å². The molecule has 0 radical (unpaired) electrons. The molecule has 0 aliphatic carbocycles. The largest absolute Gasteiger partial charge is 0.316 e. The maximum atomic E-state index is 3.50. The molecule has 3 heteroatoms. The van der Waals surface area contributed by atoms with Crippen molar-refractivity contribution in [1.29, 1.82) is 0 Å². The zero-order valence-corrected chi connectivity index (χ0v) is 11.8. The summed E-state index contributed by atoms with van der Waals surface area (Å²) >= 11 is 0. The summed E-state index contributed by atoms with van der Waals surface area (Å²) in [7, 11) is 4.55. The Morgan fingerprint density at radius 1 is 1.18 bits per heavy atom. The summed E-state index contributed by atoms with van der Waals surface area (Å²) in [4.78, 5) is 5.03. The topological polar surface area (TPSA) is 18.5 Å². The SMILES string of the molecule is CC1CNCC1CN(C)CC1CCN(C)CC1. The van der Waals surface area contributed by atoms with Gasteiger partial charge in [0.25, 0.3) is 0 Å². The first kappa shape index (κ1) is 13.3. The molecule has 17 heavy (non-hydrogen) atoms. The Morgan fingerprint density at radius 2 is 1.88 bits per heavy atom. The van der Waals surface area contributed by atoms with E-state index in [-0.39, 0.29) is 0 Å². The molecular weight excluding hydrogens is 210 g/mol. The van der Waals surface area contributed by atoms with E-state index in [1.807, 2.05) is 0 Å². The molecule has 2 unspecified atom stereocenters. The van der Waals surface area contributed by atoms with Crippen LogP contribution in [-0.4, -0.2) is 63.2 Å². The highest BCUT2D eigenvalue weighted by molar-refractivity contribution is 4.81. The van der Waals surface area contributed by atoms with Crippen LogP contribution in [0.2, 0.25) is 0 Å². The van der Waals surface area contributed by atoms with Crippen molar-refractivity contribution in [1.82, 2.24) is 15.1 Å². The molecule has 2 heterocycles. The van der Waals surface area contributed by atoms with Gasteiger partial charge < -0.3 is 15.1 Å². The van der Waals surface area contributed by atoms with E-state index in [4.69, 9.17) is 0 Å². The van der Waals surface area contributed by atoms with E-state index in [1.54, 1.807) is 0 Å². The maximum Gasteiger partial charge on any atom is 0.00219 e. The van der Waals surface area contributed by atoms with Crippen LogP contribution >= 0.6 is 0 Å². The van der Waals surface area contributed by atoms with Gasteiger partial charge in [-0.3, -0.25) is 0 Å². The van der Waals surface area contributed by atoms with Crippen molar-refractivity contribution in [3.8, 4) is 0 Å². The number of nitrogens with one attached hydrogen (secondary N) is 1. The number of piperidine rings is 1. The van der Waals surface area contributed by atoms with Crippen molar-refractivity contribution in [3.63, 3.8) is 0 Å². The van der Waals surface area contributed by atoms with Gasteiger partial charge in [0.05, 0.1) is 0 Å². The molecule has 0 aromatic heterocycles. The first-order valence-corrected chi connectivity index (χ1v) is 7.23. The number of hydrogen-bond acceptors (Lipinski definition) is 3. The summed E-state index contributed by atoms with van der Waals surface area (Å²) in [6.45, 7) is 9.98. The van der Waals surface area contributed by atoms with Crippen LogP contribution in [0.4, 0.5) is 0 Å². The van der Waals surface area contributed by atoms with Gasteiger partial charge in [0.15, 0.2) is 0 Å². The monoisotopic (exact) mass is 239 g/mol. The molecule has 0 aromatic carbocycles. The highest BCUT2D eigenvalue weighted by Crippen LogP contribution is 2.20. The number of likely N-dealkylation sites (tertiary alicyclic amines) is 1. The fourth-order valence-electron chi connectivity index (χ4n) is 3.27. The molecule has 2 aliphatic heterocycles. The Kier molecular flexibility index (Phi) is 4.83. The third-order valence-electron chi connectivity index (χ3n) is 4.63. The summed E-state index contributed by atoms with van der Waals surface area (Å²) in [6, 6.07) is 0. The van der Waals surface area contributed by atoms with Crippen LogP contribution in [0.15, 0.2) is 0 Å². The molecule has 0 spiro atoms. The minimum absolute atomic E-state index is 0.856. The van der Waals surface area contributed by atoms with Crippen LogP contribution in [0.5, 0.6) is 0 Å². The quantitative estimate of drug-likeness (QED) is 0.793. The predicted octanol–water partition coefficient (Wildman–Crippen LogP) is 1.12. The first-order valence-electron chi connectivity index (χ1n) is 7.23. The maximum absolute atomic E-state index is 3.50. The van der Waals surface area contributed by atoms with E-state index in [2.05, 4.69) is 36.1 Å². The van der Waals surface area contributed by atoms with E-state index in [0.29, 0.717) is 0 Å². The summed E-state index contributed by atoms with van der Waals surface area (Å²) in [5.74, 6) is 2.65. The highest BCUT2D eigenvalue weighted by atomic mass is 15.1. The zero-order valence-electron chi connectivity index (χ0n) is 11.8. The second-order valence-electron chi connectivity index (χ2n) is 6.36. The molecule has 2 aliphatic rings. The number of nitrogens with zero attached hydrogens (tertiary/aromatic N) is 2. The second kappa shape index (κ2) is 6.17. The molecule has 2 saturated heterocycles. The van der Waals surface area contributed by atoms with Crippen LogP contribution in [-0.2, 0) is 0 Å². The molecule has 2 rings (SSSR count). The first-order chi connectivity index (χ1) is 8.15. The third-order valence-corrected chi connectivity index (χ3v) is 4.63. The fourth-order valence-corrected chi connectivity index (χ4v) is 3.27. The number of rotatable bonds is 4. The average molecular weight is 239 g/mol. The molecular formula is C14H29N3. The summed E-state index contributed by atoms with van der Waals surface area (Å²) in [6.07, 6.45) is 2.78. The van der Waals surface area contributed by atoms with Crippen molar-refractivity contribution in [2.45, 2.75) is 19.8 Å². The molecule has 1 N–H and O–H groups in total. The molecule has 0 aromatic rings. The van der Waals surface area contributed by atoms with Crippen LogP contribution in [0.3, 0.4) is 0 Å². The standard InChI is InChI=1S/C14H29N3/c1-12-8-15-9-14(12)11-17(3)10-13-4-6-16(2)7-5-13/h12-15H,4-11H2,1-3H3. The van der Waals surface area contributed by atoms with Crippen LogP contribution < -0.4 is 5.32 Å². The van der Waals surface area contributed by atoms with Gasteiger partial charge >= 0.3 is 0 Å². The molecule has 0 saturated carbocycles. The van der Waals surface area contributed by atoms with Gasteiger partial charge in [0.1, 0.15) is 0 Å². The van der Waals surface area contributed by atoms with Gasteiger partial charge in [-0.15, -0.1) is 0 Å². The Bertz CT molecular complexity index is 224. The molecule has 2 fully saturated rings. The van der Waals surface area contributed by atoms with Crippen molar-refractivity contribution in [2.75, 3.05) is 53.4 Å². The number of hydrogen-bond donors (Lipinski definition) is 1. The van der Waals surface area contributed by atoms with E-state index in [9.17, 15) is 0 Å². The summed E-state index contributed by atoms with van der Waals surface area (Å²) in [5, 5.41) is 3.50. The Labute approximate surface area is 107 Å². The average Bonchev–Trinajstić information content (AvgIpc) is 2.68. The van der Waals surface area contributed by atoms with Gasteiger partial charge in [-0.1, -0.05) is 6.92 Å². The fraction of sp³-hybridized carbons (Fsp3) is 1.00. The van der Waals surface area contributed by atoms with Gasteiger partial charge in [0.2, 0.25) is 0 Å². The smallest absolute Gasteiger partial charge is 0.00219 e. The second-order valence-corrected chi connectivity index (χ2v) is 6.36. The Hall–Kier alpha value is -0.120. The van der Waals surface area contributed by atoms with Crippen molar-refractivity contribution < 1.29 is 0 Å². The molecule has 100 valence electrons. The highest BCUT2D eigenvalue weighted by Gasteiger charge is 2.25. The van der Waals surface area contributed by atoms with Crippen molar-refractivity contribution >= 4 is 0 Å². The van der Waals surface area contributed by atoms with Gasteiger partial charge in [-0.05, 0) is 70.9 Å². The minimum Gasteiger partial charge on any atom is -0.316 e. The summed E-state index contributed by atoms with van der Waals surface area (Å²) < 4.78 is 0. The Morgan fingerprint density at radius 3 is 2.47 bits per heavy atom. The van der Waals surface area contributed by atoms with E-state index >= 15 is 0 Å². The molecule has 0 bridgehead atoms. The summed E-state index contributed by atoms with van der Waals surface area (Å²) in [5.41, 5.74) is 0. The van der Waals surface area contributed by atoms with E-state index in [1.165, 1.54) is 52.1 Å². The van der Waals surface area contributed by atoms with E-state index < -0.39 is 0 Å². The van der Waals surface area contributed by atoms with Crippen LogP contribution in [0, 0.1) is 17.8 Å². The minimum atomic E-state index is 0.856.